The lowest BCUT2D eigenvalue weighted by molar-refractivity contribution is 0.323. The molecule has 1 fully saturated rings. The monoisotopic (exact) mass is 531 g/mol. The fourth-order valence-electron chi connectivity index (χ4n) is 4.88. The van der Waals surface area contributed by atoms with Gasteiger partial charge < -0.3 is 14.2 Å². The minimum atomic E-state index is 0.909. The van der Waals surface area contributed by atoms with Gasteiger partial charge in [-0.2, -0.15) is 0 Å². The lowest BCUT2D eigenvalue weighted by Crippen LogP contribution is -2.45. The standard InChI is InChI=1S/C28H29N3.C6H10.C3H6/c1-22(2)29-16-18-30(19-17-29)25-13-11-23(12-14-25)20-28-27(24-8-4-3-5-9-24)21-26-10-6-7-15-31(26)28;1-4-5-6(2)3;1-3-2/h3-15,21H,1,16-20H2,2H3;4-5H,2H2,1,3H3;3H,1H2,2H3/b;5-4-;. The molecule has 4 aromatic rings. The summed E-state index contributed by atoms with van der Waals surface area (Å²) in [5.74, 6) is 0. The number of piperazine rings is 1. The van der Waals surface area contributed by atoms with Crippen molar-refractivity contribution >= 4 is 11.2 Å². The molecule has 3 heterocycles. The molecule has 208 valence electrons. The number of benzene rings is 2. The zero-order valence-electron chi connectivity index (χ0n) is 24.8. The van der Waals surface area contributed by atoms with Crippen LogP contribution in [0.15, 0.2) is 134 Å². The van der Waals surface area contributed by atoms with E-state index in [9.17, 15) is 0 Å². The third kappa shape index (κ3) is 8.38. The van der Waals surface area contributed by atoms with E-state index in [0.717, 1.165) is 38.2 Å². The Morgan fingerprint density at radius 2 is 1.45 bits per heavy atom. The first kappa shape index (κ1) is 30.3. The Balaban J connectivity index is 0.000000429. The van der Waals surface area contributed by atoms with E-state index in [1.807, 2.05) is 32.9 Å². The first-order valence-corrected chi connectivity index (χ1v) is 14.1. The van der Waals surface area contributed by atoms with Crippen molar-refractivity contribution in [3.8, 4) is 11.1 Å². The number of hydrogen-bond donors (Lipinski definition) is 0. The zero-order chi connectivity index (χ0) is 28.9. The van der Waals surface area contributed by atoms with Crippen LogP contribution in [0.4, 0.5) is 5.69 Å². The van der Waals surface area contributed by atoms with E-state index in [-0.39, 0.29) is 0 Å². The predicted molar refractivity (Wildman–Crippen MR) is 176 cm³/mol. The normalized spacial score (nSPS) is 12.8. The molecule has 1 aliphatic heterocycles. The van der Waals surface area contributed by atoms with Gasteiger partial charge in [0.25, 0.3) is 0 Å². The van der Waals surface area contributed by atoms with Gasteiger partial charge in [-0.1, -0.05) is 85.5 Å². The van der Waals surface area contributed by atoms with Crippen molar-refractivity contribution in [1.29, 1.82) is 0 Å². The fraction of sp³-hybridized carbons (Fsp3) is 0.243. The van der Waals surface area contributed by atoms with Crippen LogP contribution >= 0.6 is 0 Å². The molecule has 0 unspecified atom stereocenters. The number of fused-ring (bicyclic) bond motifs is 1. The summed E-state index contributed by atoms with van der Waals surface area (Å²) < 4.78 is 2.33. The molecule has 0 atom stereocenters. The quantitative estimate of drug-likeness (QED) is 0.181. The van der Waals surface area contributed by atoms with Crippen molar-refractivity contribution < 1.29 is 0 Å². The van der Waals surface area contributed by atoms with Gasteiger partial charge in [-0.25, -0.2) is 0 Å². The molecular weight excluding hydrogens is 486 g/mol. The van der Waals surface area contributed by atoms with Crippen LogP contribution in [0, 0.1) is 0 Å². The summed E-state index contributed by atoms with van der Waals surface area (Å²) in [6.07, 6.45) is 8.78. The highest BCUT2D eigenvalue weighted by molar-refractivity contribution is 5.74. The van der Waals surface area contributed by atoms with Gasteiger partial charge in [-0.15, -0.1) is 6.58 Å². The second-order valence-electron chi connectivity index (χ2n) is 10.2. The van der Waals surface area contributed by atoms with E-state index in [1.54, 1.807) is 6.08 Å². The number of rotatable bonds is 6. The third-order valence-corrected chi connectivity index (χ3v) is 6.81. The van der Waals surface area contributed by atoms with Crippen LogP contribution in [-0.2, 0) is 6.42 Å². The van der Waals surface area contributed by atoms with Gasteiger partial charge in [-0.05, 0) is 69.2 Å². The SMILES string of the molecule is C=C(C)/C=C\C.C=C(C)N1CCN(c2ccc(Cc3c(-c4ccccc4)cc4ccccn34)cc2)CC1.C=CC. The van der Waals surface area contributed by atoms with Gasteiger partial charge in [0.2, 0.25) is 0 Å². The molecular formula is C37H45N3. The van der Waals surface area contributed by atoms with Gasteiger partial charge in [0.1, 0.15) is 0 Å². The van der Waals surface area contributed by atoms with Crippen LogP contribution < -0.4 is 4.90 Å². The molecule has 0 N–H and O–H groups in total. The second-order valence-corrected chi connectivity index (χ2v) is 10.2. The molecule has 1 saturated heterocycles. The summed E-state index contributed by atoms with van der Waals surface area (Å²) in [7, 11) is 0. The third-order valence-electron chi connectivity index (χ3n) is 6.81. The summed E-state index contributed by atoms with van der Waals surface area (Å²) in [6.45, 7) is 23.2. The minimum Gasteiger partial charge on any atom is -0.372 e. The molecule has 0 spiro atoms. The summed E-state index contributed by atoms with van der Waals surface area (Å²) >= 11 is 0. The smallest absolute Gasteiger partial charge is 0.0459 e. The average Bonchev–Trinajstić information content (AvgIpc) is 3.33. The van der Waals surface area contributed by atoms with E-state index in [0.29, 0.717) is 0 Å². The van der Waals surface area contributed by atoms with Crippen LogP contribution in [0.1, 0.15) is 39.0 Å². The number of aromatic nitrogens is 1. The number of anilines is 1. The van der Waals surface area contributed by atoms with Crippen molar-refractivity contribution in [2.24, 2.45) is 0 Å². The average molecular weight is 532 g/mol. The fourth-order valence-corrected chi connectivity index (χ4v) is 4.88. The summed E-state index contributed by atoms with van der Waals surface area (Å²) in [6, 6.07) is 28.6. The molecule has 3 heteroatoms. The van der Waals surface area contributed by atoms with Crippen LogP contribution in [0.3, 0.4) is 0 Å². The van der Waals surface area contributed by atoms with Crippen LogP contribution in [0.2, 0.25) is 0 Å². The molecule has 40 heavy (non-hydrogen) atoms. The molecule has 0 aliphatic carbocycles. The van der Waals surface area contributed by atoms with Gasteiger partial charge in [0, 0.05) is 67.0 Å². The largest absolute Gasteiger partial charge is 0.372 e. The Bertz CT molecular complexity index is 1400. The van der Waals surface area contributed by atoms with Crippen molar-refractivity contribution in [3.05, 3.63) is 146 Å². The first-order chi connectivity index (χ1) is 19.4. The first-order valence-electron chi connectivity index (χ1n) is 14.1. The van der Waals surface area contributed by atoms with Crippen LogP contribution in [-0.4, -0.2) is 35.5 Å². The highest BCUT2D eigenvalue weighted by Gasteiger charge is 2.17. The molecule has 2 aromatic carbocycles. The highest BCUT2D eigenvalue weighted by atomic mass is 15.3. The molecule has 0 radical (unpaired) electrons. The maximum atomic E-state index is 4.08. The van der Waals surface area contributed by atoms with E-state index >= 15 is 0 Å². The van der Waals surface area contributed by atoms with Gasteiger partial charge >= 0.3 is 0 Å². The topological polar surface area (TPSA) is 10.9 Å². The van der Waals surface area contributed by atoms with Crippen molar-refractivity contribution in [2.45, 2.75) is 34.1 Å². The van der Waals surface area contributed by atoms with E-state index in [1.165, 1.54) is 39.3 Å². The predicted octanol–water partition coefficient (Wildman–Crippen LogP) is 9.18. The highest BCUT2D eigenvalue weighted by Crippen LogP contribution is 2.30. The maximum Gasteiger partial charge on any atom is 0.0459 e. The van der Waals surface area contributed by atoms with Crippen molar-refractivity contribution in [3.63, 3.8) is 0 Å². The van der Waals surface area contributed by atoms with Crippen molar-refractivity contribution in [2.75, 3.05) is 31.1 Å². The van der Waals surface area contributed by atoms with Crippen LogP contribution in [0.5, 0.6) is 0 Å². The number of allylic oxidation sites excluding steroid dienone is 5. The lowest BCUT2D eigenvalue weighted by Gasteiger charge is -2.37. The van der Waals surface area contributed by atoms with E-state index in [2.05, 4.69) is 126 Å². The Kier molecular flexibility index (Phi) is 11.6. The van der Waals surface area contributed by atoms with Gasteiger partial charge in [-0.3, -0.25) is 0 Å². The summed E-state index contributed by atoms with van der Waals surface area (Å²) in [5, 5.41) is 0. The van der Waals surface area contributed by atoms with E-state index in [4.69, 9.17) is 0 Å². The number of hydrogen-bond acceptors (Lipinski definition) is 2. The molecule has 0 bridgehead atoms. The molecule has 2 aromatic heterocycles. The maximum absolute atomic E-state index is 4.08. The minimum absolute atomic E-state index is 0.909. The Labute approximate surface area is 242 Å². The number of pyridine rings is 1. The van der Waals surface area contributed by atoms with Gasteiger partial charge in [0.15, 0.2) is 0 Å². The Morgan fingerprint density at radius 3 is 2.00 bits per heavy atom. The van der Waals surface area contributed by atoms with Crippen LogP contribution in [0.25, 0.3) is 16.6 Å². The lowest BCUT2D eigenvalue weighted by atomic mass is 10.0. The Morgan fingerprint density at radius 1 is 0.825 bits per heavy atom. The zero-order valence-corrected chi connectivity index (χ0v) is 24.8. The van der Waals surface area contributed by atoms with Gasteiger partial charge in [0.05, 0.1) is 0 Å². The summed E-state index contributed by atoms with van der Waals surface area (Å²) in [4.78, 5) is 4.85. The Hall–Kier alpha value is -4.24. The molecule has 0 amide bonds. The van der Waals surface area contributed by atoms with E-state index < -0.39 is 0 Å². The second kappa shape index (κ2) is 15.4. The van der Waals surface area contributed by atoms with Crippen molar-refractivity contribution in [1.82, 2.24) is 9.30 Å². The molecule has 0 saturated carbocycles. The number of nitrogens with zero attached hydrogens (tertiary/aromatic N) is 3. The summed E-state index contributed by atoms with van der Waals surface area (Å²) in [5.41, 5.74) is 10.1. The molecule has 3 nitrogen and oxygen atoms in total. The molecule has 1 aliphatic rings. The molecule has 5 rings (SSSR count).